The van der Waals surface area contributed by atoms with Crippen LogP contribution >= 0.6 is 0 Å². The molecule has 1 aromatic carbocycles. The molecule has 5 nitrogen and oxygen atoms in total. The lowest BCUT2D eigenvalue weighted by Crippen LogP contribution is -2.36. The van der Waals surface area contributed by atoms with Crippen LogP contribution in [-0.4, -0.2) is 41.3 Å². The van der Waals surface area contributed by atoms with E-state index in [0.29, 0.717) is 11.7 Å². The van der Waals surface area contributed by atoms with Gasteiger partial charge in [0.15, 0.2) is 0 Å². The minimum atomic E-state index is -0.442. The molecule has 1 heterocycles. The number of carbonyl (C=O) groups is 1. The number of hydrogen-bond acceptors (Lipinski definition) is 4. The van der Waals surface area contributed by atoms with E-state index >= 15 is 0 Å². The van der Waals surface area contributed by atoms with Gasteiger partial charge in [0, 0.05) is 26.2 Å². The van der Waals surface area contributed by atoms with Crippen LogP contribution in [0.25, 0.3) is 0 Å². The first-order chi connectivity index (χ1) is 11.2. The fourth-order valence-electron chi connectivity index (χ4n) is 3.06. The first-order valence-electron chi connectivity index (χ1n) is 8.63. The topological polar surface area (TPSA) is 61.8 Å². The van der Waals surface area contributed by atoms with Crippen molar-refractivity contribution >= 4 is 6.09 Å². The van der Waals surface area contributed by atoms with Gasteiger partial charge in [-0.2, -0.15) is 0 Å². The number of benzene rings is 1. The van der Waals surface area contributed by atoms with Gasteiger partial charge in [-0.15, -0.1) is 0 Å². The Morgan fingerprint density at radius 1 is 1.33 bits per heavy atom. The van der Waals surface area contributed by atoms with E-state index in [1.165, 1.54) is 5.56 Å². The zero-order valence-electron chi connectivity index (χ0n) is 15.5. The fourth-order valence-corrected chi connectivity index (χ4v) is 3.06. The molecular weight excluding hydrogens is 304 g/mol. The van der Waals surface area contributed by atoms with Crippen molar-refractivity contribution in [3.63, 3.8) is 0 Å². The maximum absolute atomic E-state index is 12.1. The molecule has 0 aliphatic carbocycles. The summed E-state index contributed by atoms with van der Waals surface area (Å²) in [6, 6.07) is 4.02. The summed E-state index contributed by atoms with van der Waals surface area (Å²) in [4.78, 5) is 13.9. The van der Waals surface area contributed by atoms with Gasteiger partial charge in [0.05, 0.1) is 0 Å². The minimum Gasteiger partial charge on any atom is -0.507 e. The second kappa shape index (κ2) is 7.43. The molecule has 1 saturated heterocycles. The van der Waals surface area contributed by atoms with Crippen LogP contribution in [0.1, 0.15) is 43.9 Å². The molecule has 2 rings (SSSR count). The summed E-state index contributed by atoms with van der Waals surface area (Å²) < 4.78 is 5.42. The maximum Gasteiger partial charge on any atom is 0.410 e. The summed E-state index contributed by atoms with van der Waals surface area (Å²) >= 11 is 0. The molecule has 2 N–H and O–H groups in total. The third-order valence-corrected chi connectivity index (χ3v) is 4.25. The highest BCUT2D eigenvalue weighted by atomic mass is 16.6. The molecule has 1 unspecified atom stereocenters. The molecule has 0 spiro atoms. The number of nitrogens with one attached hydrogen (secondary N) is 1. The molecule has 0 bridgehead atoms. The Kier molecular flexibility index (Phi) is 5.75. The van der Waals surface area contributed by atoms with Crippen molar-refractivity contribution < 1.29 is 14.6 Å². The molecule has 0 radical (unpaired) electrons. The summed E-state index contributed by atoms with van der Waals surface area (Å²) in [6.45, 7) is 12.7. The van der Waals surface area contributed by atoms with Gasteiger partial charge in [0.2, 0.25) is 0 Å². The Balaban J connectivity index is 1.77. The number of aromatic hydroxyl groups is 1. The van der Waals surface area contributed by atoms with Crippen LogP contribution in [0.2, 0.25) is 0 Å². The molecule has 134 valence electrons. The highest BCUT2D eigenvalue weighted by molar-refractivity contribution is 5.68. The van der Waals surface area contributed by atoms with E-state index in [1.807, 2.05) is 46.8 Å². The molecule has 0 saturated carbocycles. The van der Waals surface area contributed by atoms with Crippen LogP contribution in [-0.2, 0) is 11.3 Å². The van der Waals surface area contributed by atoms with E-state index in [4.69, 9.17) is 4.74 Å². The lowest BCUT2D eigenvalue weighted by Gasteiger charge is -2.24. The molecule has 24 heavy (non-hydrogen) atoms. The van der Waals surface area contributed by atoms with Crippen molar-refractivity contribution in [1.29, 1.82) is 0 Å². The summed E-state index contributed by atoms with van der Waals surface area (Å²) in [6.07, 6.45) is 0.787. The van der Waals surface area contributed by atoms with E-state index in [9.17, 15) is 9.90 Å². The fraction of sp³-hybridized carbons (Fsp3) is 0.632. The SMILES string of the molecule is Cc1cc(CNCC2CCN(C(=O)OC(C)(C)C)C2)cc(C)c1O. The molecule has 1 fully saturated rings. The molecular formula is C19H30N2O3. The van der Waals surface area contributed by atoms with Crippen LogP contribution in [0.5, 0.6) is 5.75 Å². The average Bonchev–Trinajstić information content (AvgIpc) is 2.92. The Hall–Kier alpha value is -1.75. The highest BCUT2D eigenvalue weighted by Crippen LogP contribution is 2.23. The predicted octanol–water partition coefficient (Wildman–Crippen LogP) is 3.36. The Bertz CT molecular complexity index is 570. The normalized spacial score (nSPS) is 18.0. The van der Waals surface area contributed by atoms with E-state index in [-0.39, 0.29) is 6.09 Å². The van der Waals surface area contributed by atoms with Gasteiger partial charge in [0.25, 0.3) is 0 Å². The second-order valence-corrected chi connectivity index (χ2v) is 7.79. The van der Waals surface area contributed by atoms with Crippen molar-refractivity contribution in [1.82, 2.24) is 10.2 Å². The zero-order valence-corrected chi connectivity index (χ0v) is 15.5. The van der Waals surface area contributed by atoms with Gasteiger partial charge < -0.3 is 20.1 Å². The highest BCUT2D eigenvalue weighted by Gasteiger charge is 2.29. The number of ether oxygens (including phenoxy) is 1. The molecule has 1 aliphatic rings. The number of likely N-dealkylation sites (tertiary alicyclic amines) is 1. The number of phenols is 1. The van der Waals surface area contributed by atoms with Crippen LogP contribution in [0.15, 0.2) is 12.1 Å². The lowest BCUT2D eigenvalue weighted by atomic mass is 10.1. The largest absolute Gasteiger partial charge is 0.507 e. The van der Waals surface area contributed by atoms with Gasteiger partial charge in [0.1, 0.15) is 11.4 Å². The molecule has 1 amide bonds. The van der Waals surface area contributed by atoms with Gasteiger partial charge in [-0.25, -0.2) is 4.79 Å². The smallest absolute Gasteiger partial charge is 0.410 e. The Morgan fingerprint density at radius 3 is 2.54 bits per heavy atom. The standard InChI is InChI=1S/C19H30N2O3/c1-13-8-16(9-14(2)17(13)22)11-20-10-15-6-7-21(12-15)18(23)24-19(3,4)5/h8-9,15,20,22H,6-7,10-12H2,1-5H3. The minimum absolute atomic E-state index is 0.213. The maximum atomic E-state index is 12.1. The van der Waals surface area contributed by atoms with Crippen molar-refractivity contribution in [2.45, 2.75) is 53.2 Å². The van der Waals surface area contributed by atoms with Crippen LogP contribution in [0.3, 0.4) is 0 Å². The van der Waals surface area contributed by atoms with E-state index in [1.54, 1.807) is 4.90 Å². The van der Waals surface area contributed by atoms with Crippen molar-refractivity contribution in [2.24, 2.45) is 5.92 Å². The summed E-state index contributed by atoms with van der Waals surface area (Å²) in [5.74, 6) is 0.833. The molecule has 1 atom stereocenters. The molecule has 5 heteroatoms. The predicted molar refractivity (Wildman–Crippen MR) is 95.2 cm³/mol. The third kappa shape index (κ3) is 5.13. The quantitative estimate of drug-likeness (QED) is 0.886. The van der Waals surface area contributed by atoms with Crippen molar-refractivity contribution in [3.05, 3.63) is 28.8 Å². The van der Waals surface area contributed by atoms with Crippen LogP contribution in [0.4, 0.5) is 4.79 Å². The number of carbonyl (C=O) groups excluding carboxylic acids is 1. The number of hydrogen-bond donors (Lipinski definition) is 2. The number of amides is 1. The third-order valence-electron chi connectivity index (χ3n) is 4.25. The summed E-state index contributed by atoms with van der Waals surface area (Å²) in [5.41, 5.74) is 2.54. The Morgan fingerprint density at radius 2 is 1.96 bits per heavy atom. The lowest BCUT2D eigenvalue weighted by molar-refractivity contribution is 0.0288. The molecule has 0 aromatic heterocycles. The monoisotopic (exact) mass is 334 g/mol. The van der Waals surface area contributed by atoms with Gasteiger partial charge in [-0.1, -0.05) is 12.1 Å². The summed E-state index contributed by atoms with van der Waals surface area (Å²) in [7, 11) is 0. The number of phenolic OH excluding ortho intramolecular Hbond substituents is 1. The zero-order chi connectivity index (χ0) is 17.9. The van der Waals surface area contributed by atoms with E-state index < -0.39 is 5.60 Å². The van der Waals surface area contributed by atoms with E-state index in [2.05, 4.69) is 5.32 Å². The van der Waals surface area contributed by atoms with E-state index in [0.717, 1.165) is 43.7 Å². The first-order valence-corrected chi connectivity index (χ1v) is 8.63. The van der Waals surface area contributed by atoms with Gasteiger partial charge in [-0.05, 0) is 63.6 Å². The second-order valence-electron chi connectivity index (χ2n) is 7.79. The molecule has 1 aliphatic heterocycles. The van der Waals surface area contributed by atoms with Crippen LogP contribution < -0.4 is 5.32 Å². The Labute approximate surface area is 145 Å². The summed E-state index contributed by atoms with van der Waals surface area (Å²) in [5, 5.41) is 13.3. The van der Waals surface area contributed by atoms with Gasteiger partial charge >= 0.3 is 6.09 Å². The first kappa shape index (κ1) is 18.6. The number of rotatable bonds is 4. The van der Waals surface area contributed by atoms with Crippen LogP contribution in [0, 0.1) is 19.8 Å². The average molecular weight is 334 g/mol. The van der Waals surface area contributed by atoms with Gasteiger partial charge in [-0.3, -0.25) is 0 Å². The van der Waals surface area contributed by atoms with Crippen molar-refractivity contribution in [3.8, 4) is 5.75 Å². The molecule has 1 aromatic rings. The number of nitrogens with zero attached hydrogens (tertiary/aromatic N) is 1. The van der Waals surface area contributed by atoms with Crippen molar-refractivity contribution in [2.75, 3.05) is 19.6 Å². The number of aryl methyl sites for hydroxylation is 2.